The summed E-state index contributed by atoms with van der Waals surface area (Å²) in [6.45, 7) is 4.93. The molecule has 328 valence electrons. The SMILES string of the molecule is CCCCCCCCCCCCCCCC(=O)OCCCCCCCCCCCCCCCC(=O)NC(CO)C(O)CCCCCCCCCCCCCC. The topological polar surface area (TPSA) is 95.9 Å². The van der Waals surface area contributed by atoms with Crippen molar-refractivity contribution < 1.29 is 24.5 Å². The van der Waals surface area contributed by atoms with Crippen LogP contribution in [-0.2, 0) is 14.3 Å². The third kappa shape index (κ3) is 42.3. The molecular formula is C49H97NO5. The van der Waals surface area contributed by atoms with Crippen LogP contribution in [0, 0.1) is 0 Å². The van der Waals surface area contributed by atoms with E-state index in [0.29, 0.717) is 25.9 Å². The Kier molecular flexibility index (Phi) is 44.6. The van der Waals surface area contributed by atoms with Gasteiger partial charge >= 0.3 is 5.97 Å². The Labute approximate surface area is 343 Å². The second kappa shape index (κ2) is 45.6. The minimum atomic E-state index is -0.669. The van der Waals surface area contributed by atoms with Gasteiger partial charge in [0.05, 0.1) is 25.4 Å². The van der Waals surface area contributed by atoms with Gasteiger partial charge in [-0.2, -0.15) is 0 Å². The smallest absolute Gasteiger partial charge is 0.305 e. The highest BCUT2D eigenvalue weighted by atomic mass is 16.5. The van der Waals surface area contributed by atoms with Crippen molar-refractivity contribution in [2.24, 2.45) is 0 Å². The standard InChI is InChI=1S/C49H97NO5/c1-3-5-7-9-11-13-15-18-23-27-31-35-39-43-49(54)55-44-40-36-32-28-24-20-17-19-22-26-30-34-38-42-48(53)50-46(45-51)47(52)41-37-33-29-25-21-16-14-12-10-8-6-4-2/h46-47,51-52H,3-45H2,1-2H3,(H,50,53). The Morgan fingerprint density at radius 2 is 0.745 bits per heavy atom. The number of hydrogen-bond donors (Lipinski definition) is 3. The lowest BCUT2D eigenvalue weighted by molar-refractivity contribution is -0.143. The first kappa shape index (κ1) is 53.9. The quantitative estimate of drug-likeness (QED) is 0.0422. The molecule has 0 aromatic heterocycles. The lowest BCUT2D eigenvalue weighted by Gasteiger charge is -2.22. The Balaban J connectivity index is 3.43. The molecule has 1 amide bonds. The van der Waals surface area contributed by atoms with Crippen molar-refractivity contribution in [3.05, 3.63) is 0 Å². The summed E-state index contributed by atoms with van der Waals surface area (Å²) in [7, 11) is 0. The van der Waals surface area contributed by atoms with Gasteiger partial charge in [-0.15, -0.1) is 0 Å². The van der Waals surface area contributed by atoms with Crippen molar-refractivity contribution in [3.63, 3.8) is 0 Å². The normalized spacial score (nSPS) is 12.6. The zero-order valence-corrected chi connectivity index (χ0v) is 37.2. The highest BCUT2D eigenvalue weighted by Gasteiger charge is 2.20. The van der Waals surface area contributed by atoms with Crippen LogP contribution >= 0.6 is 0 Å². The van der Waals surface area contributed by atoms with E-state index < -0.39 is 12.1 Å². The molecule has 0 rings (SSSR count). The van der Waals surface area contributed by atoms with Crippen LogP contribution in [-0.4, -0.2) is 47.4 Å². The molecule has 0 saturated heterocycles. The van der Waals surface area contributed by atoms with Gasteiger partial charge in [0.1, 0.15) is 0 Å². The number of aliphatic hydroxyl groups is 2. The summed E-state index contributed by atoms with van der Waals surface area (Å²) >= 11 is 0. The third-order valence-corrected chi connectivity index (χ3v) is 11.7. The van der Waals surface area contributed by atoms with Crippen molar-refractivity contribution in [3.8, 4) is 0 Å². The number of unbranched alkanes of at least 4 members (excludes halogenated alkanes) is 35. The van der Waals surface area contributed by atoms with Crippen LogP contribution in [0.15, 0.2) is 0 Å². The number of nitrogens with one attached hydrogen (secondary N) is 1. The molecule has 0 aliphatic heterocycles. The highest BCUT2D eigenvalue weighted by molar-refractivity contribution is 5.76. The first-order valence-corrected chi connectivity index (χ1v) is 24.8. The average Bonchev–Trinajstić information content (AvgIpc) is 3.18. The minimum Gasteiger partial charge on any atom is -0.466 e. The Hall–Kier alpha value is -1.14. The predicted molar refractivity (Wildman–Crippen MR) is 237 cm³/mol. The van der Waals surface area contributed by atoms with Gasteiger partial charge in [-0.25, -0.2) is 0 Å². The number of carbonyl (C=O) groups excluding carboxylic acids is 2. The molecule has 0 radical (unpaired) electrons. The maximum Gasteiger partial charge on any atom is 0.305 e. The number of aliphatic hydroxyl groups excluding tert-OH is 2. The van der Waals surface area contributed by atoms with Crippen molar-refractivity contribution >= 4 is 11.9 Å². The number of carbonyl (C=O) groups is 2. The zero-order chi connectivity index (χ0) is 40.1. The van der Waals surface area contributed by atoms with E-state index in [0.717, 1.165) is 51.4 Å². The van der Waals surface area contributed by atoms with Crippen LogP contribution in [0.3, 0.4) is 0 Å². The number of rotatable bonds is 46. The van der Waals surface area contributed by atoms with Crippen molar-refractivity contribution in [2.75, 3.05) is 13.2 Å². The van der Waals surface area contributed by atoms with Gasteiger partial charge in [-0.05, 0) is 25.7 Å². The maximum atomic E-state index is 12.4. The second-order valence-corrected chi connectivity index (χ2v) is 17.2. The third-order valence-electron chi connectivity index (χ3n) is 11.7. The fourth-order valence-corrected chi connectivity index (χ4v) is 7.82. The molecule has 0 fully saturated rings. The van der Waals surface area contributed by atoms with Crippen LogP contribution in [0.25, 0.3) is 0 Å². The molecule has 55 heavy (non-hydrogen) atoms. The average molecular weight is 780 g/mol. The van der Waals surface area contributed by atoms with E-state index in [9.17, 15) is 19.8 Å². The van der Waals surface area contributed by atoms with E-state index >= 15 is 0 Å². The summed E-state index contributed by atoms with van der Waals surface area (Å²) in [6, 6.07) is -0.548. The monoisotopic (exact) mass is 780 g/mol. The van der Waals surface area contributed by atoms with E-state index in [1.165, 1.54) is 193 Å². The largest absolute Gasteiger partial charge is 0.466 e. The van der Waals surface area contributed by atoms with Gasteiger partial charge in [-0.3, -0.25) is 9.59 Å². The summed E-state index contributed by atoms with van der Waals surface area (Å²) in [5.74, 6) is -0.0508. The minimum absolute atomic E-state index is 0.00363. The molecule has 6 nitrogen and oxygen atoms in total. The van der Waals surface area contributed by atoms with Gasteiger partial charge in [0.15, 0.2) is 0 Å². The molecule has 2 unspecified atom stereocenters. The van der Waals surface area contributed by atoms with E-state index in [2.05, 4.69) is 19.2 Å². The molecular weight excluding hydrogens is 683 g/mol. The number of ether oxygens (including phenoxy) is 1. The molecule has 0 saturated carbocycles. The molecule has 0 aromatic rings. The van der Waals surface area contributed by atoms with Gasteiger partial charge in [0.25, 0.3) is 0 Å². The zero-order valence-electron chi connectivity index (χ0n) is 37.2. The summed E-state index contributed by atoms with van der Waals surface area (Å²) in [4.78, 5) is 24.4. The Bertz CT molecular complexity index is 776. The predicted octanol–water partition coefficient (Wildman–Crippen LogP) is 14.4. The molecule has 0 aliphatic carbocycles. The summed E-state index contributed by atoms with van der Waals surface area (Å²) in [6.07, 6.45) is 49.2. The number of hydrogen-bond acceptors (Lipinski definition) is 5. The first-order valence-electron chi connectivity index (χ1n) is 24.8. The van der Waals surface area contributed by atoms with E-state index in [-0.39, 0.29) is 18.5 Å². The van der Waals surface area contributed by atoms with Crippen molar-refractivity contribution in [2.45, 2.75) is 289 Å². The molecule has 3 N–H and O–H groups in total. The van der Waals surface area contributed by atoms with Crippen LogP contribution in [0.2, 0.25) is 0 Å². The van der Waals surface area contributed by atoms with Gasteiger partial charge < -0.3 is 20.3 Å². The van der Waals surface area contributed by atoms with Gasteiger partial charge in [0.2, 0.25) is 5.91 Å². The van der Waals surface area contributed by atoms with E-state index in [4.69, 9.17) is 4.74 Å². The number of esters is 1. The highest BCUT2D eigenvalue weighted by Crippen LogP contribution is 2.17. The summed E-state index contributed by atoms with van der Waals surface area (Å²) < 4.78 is 5.45. The molecule has 0 spiro atoms. The molecule has 0 heterocycles. The molecule has 2 atom stereocenters. The fraction of sp³-hybridized carbons (Fsp3) is 0.959. The van der Waals surface area contributed by atoms with Crippen LogP contribution < -0.4 is 5.32 Å². The van der Waals surface area contributed by atoms with E-state index in [1.54, 1.807) is 0 Å². The lowest BCUT2D eigenvalue weighted by Crippen LogP contribution is -2.45. The second-order valence-electron chi connectivity index (χ2n) is 17.2. The van der Waals surface area contributed by atoms with Gasteiger partial charge in [-0.1, -0.05) is 239 Å². The first-order chi connectivity index (χ1) is 27.0. The maximum absolute atomic E-state index is 12.4. The fourth-order valence-electron chi connectivity index (χ4n) is 7.82. The van der Waals surface area contributed by atoms with Crippen LogP contribution in [0.4, 0.5) is 0 Å². The lowest BCUT2D eigenvalue weighted by atomic mass is 10.0. The van der Waals surface area contributed by atoms with Crippen molar-refractivity contribution in [1.82, 2.24) is 5.32 Å². The van der Waals surface area contributed by atoms with Gasteiger partial charge in [0, 0.05) is 12.8 Å². The number of amides is 1. The van der Waals surface area contributed by atoms with Crippen molar-refractivity contribution in [1.29, 1.82) is 0 Å². The molecule has 0 bridgehead atoms. The molecule has 0 aromatic carbocycles. The van der Waals surface area contributed by atoms with E-state index in [1.807, 2.05) is 0 Å². The Morgan fingerprint density at radius 1 is 0.436 bits per heavy atom. The summed E-state index contributed by atoms with van der Waals surface area (Å²) in [5.41, 5.74) is 0. The molecule has 6 heteroatoms. The van der Waals surface area contributed by atoms with Crippen LogP contribution in [0.5, 0.6) is 0 Å². The van der Waals surface area contributed by atoms with Crippen LogP contribution in [0.1, 0.15) is 277 Å². The Morgan fingerprint density at radius 3 is 1.11 bits per heavy atom. The molecule has 0 aliphatic rings. The summed E-state index contributed by atoms with van der Waals surface area (Å²) in [5, 5.41) is 23.1.